The largest absolute Gasteiger partial charge is 0.392 e. The van der Waals surface area contributed by atoms with Crippen LogP contribution < -0.4 is 5.32 Å². The number of hydrogen-bond acceptors (Lipinski definition) is 5. The molecule has 0 spiro atoms. The van der Waals surface area contributed by atoms with Crippen molar-refractivity contribution in [3.05, 3.63) is 17.5 Å². The Morgan fingerprint density at radius 3 is 2.86 bits per heavy atom. The molecule has 2 heterocycles. The number of β-amino-alcohol motifs (C(OH)–C–C–N with tert-alkyl or cyclic N) is 1. The number of carbonyl (C=O) groups is 1. The maximum Gasteiger partial charge on any atom is 0.220 e. The van der Waals surface area contributed by atoms with Gasteiger partial charge in [0.2, 0.25) is 5.91 Å². The maximum absolute atomic E-state index is 12.0. The van der Waals surface area contributed by atoms with Gasteiger partial charge in [-0.15, -0.1) is 0 Å². The van der Waals surface area contributed by atoms with E-state index in [0.29, 0.717) is 18.9 Å². The van der Waals surface area contributed by atoms with E-state index in [-0.39, 0.29) is 12.0 Å². The molecule has 124 valence electrons. The second kappa shape index (κ2) is 8.29. The number of aromatic nitrogens is 1. The summed E-state index contributed by atoms with van der Waals surface area (Å²) >= 11 is 0. The summed E-state index contributed by atoms with van der Waals surface area (Å²) < 4.78 is 4.97. The monoisotopic (exact) mass is 309 g/mol. The number of rotatable bonds is 7. The lowest BCUT2D eigenvalue weighted by Crippen LogP contribution is -2.39. The quantitative estimate of drug-likeness (QED) is 0.797. The molecule has 22 heavy (non-hydrogen) atoms. The molecule has 1 aromatic heterocycles. The minimum Gasteiger partial charge on any atom is -0.392 e. The van der Waals surface area contributed by atoms with Crippen LogP contribution in [0.4, 0.5) is 0 Å². The normalized spacial score (nSPS) is 18.3. The molecule has 1 amide bonds. The average molecular weight is 309 g/mol. The molecule has 1 saturated heterocycles. The second-order valence-electron chi connectivity index (χ2n) is 6.22. The lowest BCUT2D eigenvalue weighted by molar-refractivity contribution is -0.122. The van der Waals surface area contributed by atoms with Crippen LogP contribution in [0.5, 0.6) is 0 Å². The highest BCUT2D eigenvalue weighted by Crippen LogP contribution is 2.20. The van der Waals surface area contributed by atoms with Gasteiger partial charge in [0.1, 0.15) is 11.5 Å². The van der Waals surface area contributed by atoms with Crippen molar-refractivity contribution in [1.82, 2.24) is 15.4 Å². The molecule has 2 rings (SSSR count). The van der Waals surface area contributed by atoms with E-state index in [9.17, 15) is 9.90 Å². The summed E-state index contributed by atoms with van der Waals surface area (Å²) in [7, 11) is 0. The Morgan fingerprint density at radius 2 is 2.27 bits per heavy atom. The highest BCUT2D eigenvalue weighted by atomic mass is 16.5. The van der Waals surface area contributed by atoms with Crippen molar-refractivity contribution < 1.29 is 14.4 Å². The summed E-state index contributed by atoms with van der Waals surface area (Å²) in [6.07, 6.45) is 3.18. The number of nitrogens with zero attached hydrogens (tertiary/aromatic N) is 2. The average Bonchev–Trinajstić information content (AvgIpc) is 2.92. The fraction of sp³-hybridized carbons (Fsp3) is 0.750. The van der Waals surface area contributed by atoms with E-state index in [4.69, 9.17) is 4.52 Å². The molecule has 0 aliphatic carbocycles. The summed E-state index contributed by atoms with van der Waals surface area (Å²) in [5, 5.41) is 16.4. The molecular formula is C16H27N3O3. The molecule has 0 aromatic carbocycles. The van der Waals surface area contributed by atoms with E-state index in [1.54, 1.807) is 0 Å². The number of piperidine rings is 1. The minimum absolute atomic E-state index is 0.0766. The molecule has 6 heteroatoms. The molecule has 0 bridgehead atoms. The zero-order chi connectivity index (χ0) is 15.9. The summed E-state index contributed by atoms with van der Waals surface area (Å²) in [4.78, 5) is 14.3. The van der Waals surface area contributed by atoms with E-state index in [1.807, 2.05) is 19.9 Å². The van der Waals surface area contributed by atoms with Crippen molar-refractivity contribution in [3.63, 3.8) is 0 Å². The standard InChI is InChI=1S/C16H27N3O3/c1-3-15(20)11-19-6-4-13(5-7-19)9-16(21)17-10-14-8-12(2)22-18-14/h8,13,15,20H,3-7,9-11H2,1-2H3,(H,17,21). The fourth-order valence-electron chi connectivity index (χ4n) is 2.83. The van der Waals surface area contributed by atoms with E-state index in [1.165, 1.54) is 0 Å². The van der Waals surface area contributed by atoms with Gasteiger partial charge in [-0.3, -0.25) is 4.79 Å². The van der Waals surface area contributed by atoms with Gasteiger partial charge in [-0.25, -0.2) is 0 Å². The third-order valence-electron chi connectivity index (χ3n) is 4.26. The highest BCUT2D eigenvalue weighted by Gasteiger charge is 2.22. The number of aliphatic hydroxyl groups excluding tert-OH is 1. The number of nitrogens with one attached hydrogen (secondary N) is 1. The zero-order valence-electron chi connectivity index (χ0n) is 13.5. The Bertz CT molecular complexity index is 467. The van der Waals surface area contributed by atoms with Crippen molar-refractivity contribution in [2.24, 2.45) is 5.92 Å². The van der Waals surface area contributed by atoms with Gasteiger partial charge in [0.05, 0.1) is 12.6 Å². The van der Waals surface area contributed by atoms with Gasteiger partial charge >= 0.3 is 0 Å². The van der Waals surface area contributed by atoms with Gasteiger partial charge in [-0.05, 0) is 45.2 Å². The van der Waals surface area contributed by atoms with E-state index in [0.717, 1.165) is 50.4 Å². The van der Waals surface area contributed by atoms with Crippen molar-refractivity contribution in [1.29, 1.82) is 0 Å². The van der Waals surface area contributed by atoms with Gasteiger partial charge in [-0.1, -0.05) is 12.1 Å². The smallest absolute Gasteiger partial charge is 0.220 e. The van der Waals surface area contributed by atoms with E-state index >= 15 is 0 Å². The van der Waals surface area contributed by atoms with Crippen molar-refractivity contribution >= 4 is 5.91 Å². The van der Waals surface area contributed by atoms with Crippen LogP contribution in [0.3, 0.4) is 0 Å². The molecule has 1 aromatic rings. The SMILES string of the molecule is CCC(O)CN1CCC(CC(=O)NCc2cc(C)on2)CC1. The summed E-state index contributed by atoms with van der Waals surface area (Å²) in [6.45, 7) is 6.95. The lowest BCUT2D eigenvalue weighted by Gasteiger charge is -2.32. The first-order chi connectivity index (χ1) is 10.6. The second-order valence-corrected chi connectivity index (χ2v) is 6.22. The lowest BCUT2D eigenvalue weighted by atomic mass is 9.93. The fourth-order valence-corrected chi connectivity index (χ4v) is 2.83. The highest BCUT2D eigenvalue weighted by molar-refractivity contribution is 5.76. The van der Waals surface area contributed by atoms with Gasteiger partial charge in [0.15, 0.2) is 0 Å². The molecule has 2 N–H and O–H groups in total. The zero-order valence-corrected chi connectivity index (χ0v) is 13.5. The predicted octanol–water partition coefficient (Wildman–Crippen LogP) is 1.47. The first-order valence-corrected chi connectivity index (χ1v) is 8.16. The molecule has 0 saturated carbocycles. The van der Waals surface area contributed by atoms with Crippen LogP contribution >= 0.6 is 0 Å². The number of hydrogen-bond donors (Lipinski definition) is 2. The first-order valence-electron chi connectivity index (χ1n) is 8.16. The Hall–Kier alpha value is -1.40. The minimum atomic E-state index is -0.231. The summed E-state index contributed by atoms with van der Waals surface area (Å²) in [5.41, 5.74) is 0.759. The topological polar surface area (TPSA) is 78.6 Å². The van der Waals surface area contributed by atoms with Crippen molar-refractivity contribution in [2.75, 3.05) is 19.6 Å². The number of amides is 1. The third kappa shape index (κ3) is 5.42. The predicted molar refractivity (Wildman–Crippen MR) is 83.2 cm³/mol. The molecule has 1 aliphatic rings. The Kier molecular flexibility index (Phi) is 6.39. The molecule has 1 atom stereocenters. The van der Waals surface area contributed by atoms with Crippen molar-refractivity contribution in [3.8, 4) is 0 Å². The molecule has 0 radical (unpaired) electrons. The maximum atomic E-state index is 12.0. The van der Waals surface area contributed by atoms with Crippen LogP contribution in [0, 0.1) is 12.8 Å². The van der Waals surface area contributed by atoms with Gasteiger partial charge in [0, 0.05) is 19.0 Å². The van der Waals surface area contributed by atoms with Crippen molar-refractivity contribution in [2.45, 2.75) is 52.2 Å². The number of likely N-dealkylation sites (tertiary alicyclic amines) is 1. The van der Waals surface area contributed by atoms with E-state index in [2.05, 4.69) is 15.4 Å². The Morgan fingerprint density at radius 1 is 1.55 bits per heavy atom. The molecular weight excluding hydrogens is 282 g/mol. The van der Waals surface area contributed by atoms with Crippen LogP contribution in [0.15, 0.2) is 10.6 Å². The third-order valence-corrected chi connectivity index (χ3v) is 4.26. The number of aryl methyl sites for hydroxylation is 1. The number of aliphatic hydroxyl groups is 1. The van der Waals surface area contributed by atoms with E-state index < -0.39 is 0 Å². The summed E-state index contributed by atoms with van der Waals surface area (Å²) in [6, 6.07) is 1.83. The molecule has 6 nitrogen and oxygen atoms in total. The van der Waals surface area contributed by atoms with Crippen LogP contribution in [-0.4, -0.2) is 46.8 Å². The molecule has 1 aliphatic heterocycles. The van der Waals surface area contributed by atoms with Gasteiger partial charge in [-0.2, -0.15) is 0 Å². The number of carbonyl (C=O) groups excluding carboxylic acids is 1. The van der Waals surface area contributed by atoms with Crippen LogP contribution in [0.2, 0.25) is 0 Å². The van der Waals surface area contributed by atoms with Crippen LogP contribution in [0.25, 0.3) is 0 Å². The summed E-state index contributed by atoms with van der Waals surface area (Å²) in [5.74, 6) is 1.27. The molecule has 1 unspecified atom stereocenters. The Balaban J connectivity index is 1.64. The molecule has 1 fully saturated rings. The van der Waals surface area contributed by atoms with Gasteiger partial charge in [0.25, 0.3) is 0 Å². The first kappa shape index (κ1) is 17.0. The van der Waals surface area contributed by atoms with Crippen LogP contribution in [0.1, 0.15) is 44.1 Å². The van der Waals surface area contributed by atoms with Crippen LogP contribution in [-0.2, 0) is 11.3 Å². The van der Waals surface area contributed by atoms with Gasteiger partial charge < -0.3 is 19.8 Å². The Labute approximate surface area is 131 Å².